The Labute approximate surface area is 185 Å². The zero-order chi connectivity index (χ0) is 23.4. The number of ether oxygens (including phenoxy) is 2. The molecule has 0 saturated carbocycles. The predicted molar refractivity (Wildman–Crippen MR) is 121 cm³/mol. The Morgan fingerprint density at radius 2 is 1.78 bits per heavy atom. The number of rotatable bonds is 7. The molecule has 0 unspecified atom stereocenters. The average Bonchev–Trinajstić information content (AvgIpc) is 2.72. The summed E-state index contributed by atoms with van der Waals surface area (Å²) in [6.45, 7) is 7.51. The third-order valence-electron chi connectivity index (χ3n) is 4.64. The highest BCUT2D eigenvalue weighted by Gasteiger charge is 2.28. The molecule has 2 aromatic carbocycles. The van der Waals surface area contributed by atoms with Crippen LogP contribution in [-0.2, 0) is 4.79 Å². The minimum absolute atomic E-state index is 0.0125. The second kappa shape index (κ2) is 9.60. The molecule has 0 aliphatic carbocycles. The molecule has 32 heavy (non-hydrogen) atoms. The molecule has 7 nitrogen and oxygen atoms in total. The van der Waals surface area contributed by atoms with E-state index >= 15 is 0 Å². The molecule has 2 N–H and O–H groups in total. The van der Waals surface area contributed by atoms with Crippen LogP contribution in [0.5, 0.6) is 23.0 Å². The third kappa shape index (κ3) is 4.94. The Morgan fingerprint density at radius 3 is 2.41 bits per heavy atom. The Hall–Kier alpha value is -3.74. The molecule has 168 valence electrons. The highest BCUT2D eigenvalue weighted by atomic mass is 16.6. The van der Waals surface area contributed by atoms with Crippen LogP contribution in [0, 0.1) is 5.92 Å². The van der Waals surface area contributed by atoms with E-state index in [4.69, 9.17) is 13.9 Å². The largest absolute Gasteiger partial charge is 0.504 e. The smallest absolute Gasteiger partial charge is 0.336 e. The minimum Gasteiger partial charge on any atom is -0.504 e. The Bertz CT molecular complexity index is 1220. The molecule has 0 amide bonds. The van der Waals surface area contributed by atoms with Gasteiger partial charge in [-0.25, -0.2) is 4.79 Å². The number of benzene rings is 2. The van der Waals surface area contributed by atoms with E-state index in [1.54, 1.807) is 30.3 Å². The van der Waals surface area contributed by atoms with E-state index in [-0.39, 0.29) is 35.7 Å². The molecule has 1 heterocycles. The van der Waals surface area contributed by atoms with Gasteiger partial charge in [-0.15, -0.1) is 0 Å². The van der Waals surface area contributed by atoms with Crippen LogP contribution in [0.2, 0.25) is 0 Å². The van der Waals surface area contributed by atoms with Gasteiger partial charge < -0.3 is 24.1 Å². The minimum atomic E-state index is -0.688. The van der Waals surface area contributed by atoms with Crippen molar-refractivity contribution in [1.82, 2.24) is 0 Å². The first kappa shape index (κ1) is 22.9. The molecule has 7 heteroatoms. The quantitative estimate of drug-likeness (QED) is 0.227. The van der Waals surface area contributed by atoms with Crippen LogP contribution in [0.3, 0.4) is 0 Å². The second-order valence-electron chi connectivity index (χ2n) is 8.07. The van der Waals surface area contributed by atoms with Crippen molar-refractivity contribution in [2.45, 2.75) is 34.1 Å². The summed E-state index contributed by atoms with van der Waals surface area (Å²) in [5.74, 6) is -2.40. The summed E-state index contributed by atoms with van der Waals surface area (Å²) in [7, 11) is 0. The number of carbonyl (C=O) groups excluding carboxylic acids is 1. The van der Waals surface area contributed by atoms with Crippen molar-refractivity contribution in [2.24, 2.45) is 5.92 Å². The van der Waals surface area contributed by atoms with Gasteiger partial charge in [0.25, 0.3) is 0 Å². The van der Waals surface area contributed by atoms with Crippen LogP contribution < -0.4 is 15.1 Å². The lowest BCUT2D eigenvalue weighted by Crippen LogP contribution is -2.12. The SMILES string of the molecule is CC(C)=CCOc1c(O)c(OC(=O)CC(C)C)c(O)c2c(-c3ccccc3)cc(=O)oc12. The van der Waals surface area contributed by atoms with E-state index in [0.29, 0.717) is 11.1 Å². The molecule has 0 aliphatic rings. The van der Waals surface area contributed by atoms with Gasteiger partial charge in [-0.05, 0) is 31.4 Å². The van der Waals surface area contributed by atoms with Crippen LogP contribution >= 0.6 is 0 Å². The van der Waals surface area contributed by atoms with E-state index in [2.05, 4.69) is 0 Å². The molecule has 1 aromatic heterocycles. The molecule has 0 atom stereocenters. The van der Waals surface area contributed by atoms with E-state index < -0.39 is 28.8 Å². The van der Waals surface area contributed by atoms with Crippen LogP contribution in [0.25, 0.3) is 22.1 Å². The van der Waals surface area contributed by atoms with Crippen molar-refractivity contribution < 1.29 is 28.9 Å². The van der Waals surface area contributed by atoms with Gasteiger partial charge in [-0.3, -0.25) is 4.79 Å². The molecular formula is C25H26O7. The first-order chi connectivity index (χ1) is 15.2. The van der Waals surface area contributed by atoms with E-state index in [0.717, 1.165) is 5.57 Å². The van der Waals surface area contributed by atoms with E-state index in [9.17, 15) is 19.8 Å². The number of hydrogen-bond acceptors (Lipinski definition) is 7. The zero-order valence-electron chi connectivity index (χ0n) is 18.5. The molecule has 0 bridgehead atoms. The summed E-state index contributed by atoms with van der Waals surface area (Å²) in [6, 6.07) is 10.1. The summed E-state index contributed by atoms with van der Waals surface area (Å²) in [4.78, 5) is 24.7. The van der Waals surface area contributed by atoms with Crippen LogP contribution in [0.1, 0.15) is 34.1 Å². The number of fused-ring (bicyclic) bond motifs is 1. The van der Waals surface area contributed by atoms with Crippen molar-refractivity contribution in [1.29, 1.82) is 0 Å². The normalized spacial score (nSPS) is 10.9. The third-order valence-corrected chi connectivity index (χ3v) is 4.64. The summed E-state index contributed by atoms with van der Waals surface area (Å²) < 4.78 is 16.4. The summed E-state index contributed by atoms with van der Waals surface area (Å²) in [6.07, 6.45) is 1.85. The maximum Gasteiger partial charge on any atom is 0.336 e. The molecule has 3 rings (SSSR count). The van der Waals surface area contributed by atoms with Crippen molar-refractivity contribution in [2.75, 3.05) is 6.61 Å². The monoisotopic (exact) mass is 438 g/mol. The lowest BCUT2D eigenvalue weighted by Gasteiger charge is -2.17. The Kier molecular flexibility index (Phi) is 6.88. The number of carbonyl (C=O) groups is 1. The van der Waals surface area contributed by atoms with Gasteiger partial charge in [0.2, 0.25) is 17.2 Å². The van der Waals surface area contributed by atoms with Crippen molar-refractivity contribution in [3.05, 3.63) is 58.5 Å². The van der Waals surface area contributed by atoms with Crippen molar-refractivity contribution in [3.63, 3.8) is 0 Å². The number of phenolic OH excluding ortho intramolecular Hbond substituents is 2. The van der Waals surface area contributed by atoms with Gasteiger partial charge in [-0.1, -0.05) is 49.8 Å². The van der Waals surface area contributed by atoms with Crippen molar-refractivity contribution >= 4 is 16.9 Å². The average molecular weight is 438 g/mol. The van der Waals surface area contributed by atoms with Gasteiger partial charge in [0.05, 0.1) is 5.39 Å². The van der Waals surface area contributed by atoms with Gasteiger partial charge in [0, 0.05) is 18.1 Å². The van der Waals surface area contributed by atoms with Crippen LogP contribution in [0.15, 0.2) is 57.3 Å². The molecular weight excluding hydrogens is 412 g/mol. The number of hydrogen-bond donors (Lipinski definition) is 2. The fraction of sp³-hybridized carbons (Fsp3) is 0.280. The standard InChI is InChI=1S/C25H26O7/c1-14(2)10-11-30-25-22(29)24(32-18(26)12-15(3)4)21(28)20-17(13-19(27)31-23(20)25)16-8-6-5-7-9-16/h5-10,13,15,28-29H,11-12H2,1-4H3. The molecule has 0 spiro atoms. The van der Waals surface area contributed by atoms with Crippen LogP contribution in [-0.4, -0.2) is 22.8 Å². The van der Waals surface area contributed by atoms with E-state index in [1.807, 2.05) is 33.8 Å². The highest BCUT2D eigenvalue weighted by molar-refractivity contribution is 6.04. The Morgan fingerprint density at radius 1 is 1.09 bits per heavy atom. The maximum atomic E-state index is 12.3. The molecule has 0 radical (unpaired) electrons. The lowest BCUT2D eigenvalue weighted by atomic mass is 10.00. The van der Waals surface area contributed by atoms with Crippen molar-refractivity contribution in [3.8, 4) is 34.1 Å². The fourth-order valence-electron chi connectivity index (χ4n) is 3.18. The second-order valence-corrected chi connectivity index (χ2v) is 8.07. The molecule has 0 aliphatic heterocycles. The molecule has 3 aromatic rings. The van der Waals surface area contributed by atoms with E-state index in [1.165, 1.54) is 6.07 Å². The Balaban J connectivity index is 2.31. The molecule has 0 saturated heterocycles. The predicted octanol–water partition coefficient (Wildman–Crippen LogP) is 5.17. The van der Waals surface area contributed by atoms with Gasteiger partial charge >= 0.3 is 11.6 Å². The van der Waals surface area contributed by atoms with Gasteiger partial charge in [0.15, 0.2) is 11.3 Å². The summed E-state index contributed by atoms with van der Waals surface area (Å²) in [5, 5.41) is 21.9. The lowest BCUT2D eigenvalue weighted by molar-refractivity contribution is -0.135. The van der Waals surface area contributed by atoms with Gasteiger partial charge in [0.1, 0.15) is 6.61 Å². The first-order valence-electron chi connectivity index (χ1n) is 10.3. The van der Waals surface area contributed by atoms with Gasteiger partial charge in [-0.2, -0.15) is 0 Å². The zero-order valence-corrected chi connectivity index (χ0v) is 18.5. The fourth-order valence-corrected chi connectivity index (χ4v) is 3.18. The number of allylic oxidation sites excluding steroid dienone is 1. The topological polar surface area (TPSA) is 106 Å². The van der Waals surface area contributed by atoms with Crippen LogP contribution in [0.4, 0.5) is 0 Å². The number of aromatic hydroxyl groups is 2. The molecule has 0 fully saturated rings. The summed E-state index contributed by atoms with van der Waals surface area (Å²) in [5.41, 5.74) is 1.12. The number of phenols is 2. The summed E-state index contributed by atoms with van der Waals surface area (Å²) >= 11 is 0. The first-order valence-corrected chi connectivity index (χ1v) is 10.3. The maximum absolute atomic E-state index is 12.3. The number of esters is 1. The highest BCUT2D eigenvalue weighted by Crippen LogP contribution is 2.52.